The SMILES string of the molecule is CCC(CC)(CC)NC(=O)c1ccc(O)cc1C. The van der Waals surface area contributed by atoms with Gasteiger partial charge in [-0.1, -0.05) is 20.8 Å². The minimum atomic E-state index is -0.124. The maximum Gasteiger partial charge on any atom is 0.251 e. The maximum absolute atomic E-state index is 12.3. The molecule has 3 heteroatoms. The van der Waals surface area contributed by atoms with E-state index in [0.717, 1.165) is 24.8 Å². The predicted molar refractivity (Wildman–Crippen MR) is 73.9 cm³/mol. The van der Waals surface area contributed by atoms with E-state index in [4.69, 9.17) is 0 Å². The average Bonchev–Trinajstić information content (AvgIpc) is 2.36. The van der Waals surface area contributed by atoms with Crippen LogP contribution in [-0.2, 0) is 0 Å². The van der Waals surface area contributed by atoms with Crippen LogP contribution in [0.2, 0.25) is 0 Å². The van der Waals surface area contributed by atoms with Crippen molar-refractivity contribution >= 4 is 5.91 Å². The van der Waals surface area contributed by atoms with Crippen molar-refractivity contribution in [3.05, 3.63) is 29.3 Å². The quantitative estimate of drug-likeness (QED) is 0.840. The Balaban J connectivity index is 2.94. The zero-order valence-corrected chi connectivity index (χ0v) is 11.7. The Kier molecular flexibility index (Phi) is 4.76. The smallest absolute Gasteiger partial charge is 0.251 e. The molecule has 0 saturated heterocycles. The molecule has 0 unspecified atom stereocenters. The molecule has 1 rings (SSSR count). The molecule has 3 nitrogen and oxygen atoms in total. The Morgan fingerprint density at radius 3 is 2.22 bits per heavy atom. The minimum Gasteiger partial charge on any atom is -0.508 e. The molecule has 0 aliphatic carbocycles. The van der Waals surface area contributed by atoms with Crippen molar-refractivity contribution in [2.45, 2.75) is 52.5 Å². The van der Waals surface area contributed by atoms with Crippen LogP contribution in [0.4, 0.5) is 0 Å². The Hall–Kier alpha value is -1.51. The number of aromatic hydroxyl groups is 1. The first-order valence-corrected chi connectivity index (χ1v) is 6.60. The van der Waals surface area contributed by atoms with Crippen LogP contribution >= 0.6 is 0 Å². The first kappa shape index (κ1) is 14.6. The van der Waals surface area contributed by atoms with Crippen molar-refractivity contribution in [1.29, 1.82) is 0 Å². The van der Waals surface area contributed by atoms with Gasteiger partial charge in [-0.25, -0.2) is 0 Å². The van der Waals surface area contributed by atoms with E-state index >= 15 is 0 Å². The fourth-order valence-electron chi connectivity index (χ4n) is 2.23. The molecule has 100 valence electrons. The van der Waals surface area contributed by atoms with Gasteiger partial charge in [0.05, 0.1) is 0 Å². The van der Waals surface area contributed by atoms with Gasteiger partial charge in [0.15, 0.2) is 0 Å². The third-order valence-corrected chi connectivity index (χ3v) is 3.86. The van der Waals surface area contributed by atoms with Crippen LogP contribution < -0.4 is 5.32 Å². The zero-order valence-electron chi connectivity index (χ0n) is 11.7. The minimum absolute atomic E-state index is 0.0574. The number of amides is 1. The Morgan fingerprint density at radius 1 is 1.22 bits per heavy atom. The molecule has 2 N–H and O–H groups in total. The number of aryl methyl sites for hydroxylation is 1. The lowest BCUT2D eigenvalue weighted by atomic mass is 9.89. The van der Waals surface area contributed by atoms with Crippen molar-refractivity contribution in [2.75, 3.05) is 0 Å². The van der Waals surface area contributed by atoms with Gasteiger partial charge in [0.2, 0.25) is 0 Å². The first-order valence-electron chi connectivity index (χ1n) is 6.60. The highest BCUT2D eigenvalue weighted by Gasteiger charge is 2.26. The summed E-state index contributed by atoms with van der Waals surface area (Å²) in [5.74, 6) is 0.134. The van der Waals surface area contributed by atoms with Crippen molar-refractivity contribution in [3.63, 3.8) is 0 Å². The zero-order chi connectivity index (χ0) is 13.8. The van der Waals surface area contributed by atoms with E-state index in [1.54, 1.807) is 18.2 Å². The molecule has 0 aliphatic heterocycles. The van der Waals surface area contributed by atoms with Gasteiger partial charge < -0.3 is 10.4 Å². The third kappa shape index (κ3) is 3.03. The van der Waals surface area contributed by atoms with Gasteiger partial charge in [0.1, 0.15) is 5.75 Å². The fourth-order valence-corrected chi connectivity index (χ4v) is 2.23. The topological polar surface area (TPSA) is 49.3 Å². The van der Waals surface area contributed by atoms with Crippen LogP contribution in [0.1, 0.15) is 56.0 Å². The van der Waals surface area contributed by atoms with Crippen molar-refractivity contribution < 1.29 is 9.90 Å². The summed E-state index contributed by atoms with van der Waals surface area (Å²) < 4.78 is 0. The second kappa shape index (κ2) is 5.89. The number of phenolic OH excluding ortho intramolecular Hbond substituents is 1. The summed E-state index contributed by atoms with van der Waals surface area (Å²) in [5, 5.41) is 12.5. The van der Waals surface area contributed by atoms with Gasteiger partial charge in [-0.05, 0) is 49.9 Å². The van der Waals surface area contributed by atoms with Crippen LogP contribution in [0.3, 0.4) is 0 Å². The van der Waals surface area contributed by atoms with Crippen molar-refractivity contribution in [2.24, 2.45) is 0 Å². The van der Waals surface area contributed by atoms with Crippen LogP contribution in [0.15, 0.2) is 18.2 Å². The second-order valence-corrected chi connectivity index (χ2v) is 4.79. The molecule has 0 bridgehead atoms. The Labute approximate surface area is 109 Å². The lowest BCUT2D eigenvalue weighted by Crippen LogP contribution is -2.47. The second-order valence-electron chi connectivity index (χ2n) is 4.79. The summed E-state index contributed by atoms with van der Waals surface area (Å²) in [7, 11) is 0. The van der Waals surface area contributed by atoms with Gasteiger partial charge in [0, 0.05) is 11.1 Å². The van der Waals surface area contributed by atoms with E-state index in [0.29, 0.717) is 5.56 Å². The molecule has 1 amide bonds. The molecule has 0 atom stereocenters. The van der Waals surface area contributed by atoms with E-state index in [-0.39, 0.29) is 17.2 Å². The number of phenols is 1. The molecule has 18 heavy (non-hydrogen) atoms. The normalized spacial score (nSPS) is 11.3. The van der Waals surface area contributed by atoms with Crippen LogP contribution in [0.5, 0.6) is 5.75 Å². The van der Waals surface area contributed by atoms with Gasteiger partial charge in [-0.3, -0.25) is 4.79 Å². The summed E-state index contributed by atoms with van der Waals surface area (Å²) in [5.41, 5.74) is 1.30. The van der Waals surface area contributed by atoms with Gasteiger partial charge >= 0.3 is 0 Å². The molecule has 0 spiro atoms. The highest BCUT2D eigenvalue weighted by atomic mass is 16.3. The van der Waals surface area contributed by atoms with Gasteiger partial charge in [-0.2, -0.15) is 0 Å². The number of carbonyl (C=O) groups excluding carboxylic acids is 1. The summed E-state index contributed by atoms with van der Waals surface area (Å²) in [6, 6.07) is 4.83. The summed E-state index contributed by atoms with van der Waals surface area (Å²) in [4.78, 5) is 12.3. The highest BCUT2D eigenvalue weighted by molar-refractivity contribution is 5.96. The Bertz CT molecular complexity index is 414. The maximum atomic E-state index is 12.3. The molecule has 0 saturated carbocycles. The Morgan fingerprint density at radius 2 is 1.78 bits per heavy atom. The summed E-state index contributed by atoms with van der Waals surface area (Å²) in [6.45, 7) is 8.12. The molecule has 1 aromatic carbocycles. The van der Waals surface area contributed by atoms with Gasteiger partial charge in [0.25, 0.3) is 5.91 Å². The molecule has 0 aliphatic rings. The largest absolute Gasteiger partial charge is 0.508 e. The molecular weight excluding hydrogens is 226 g/mol. The van der Waals surface area contributed by atoms with Crippen molar-refractivity contribution in [3.8, 4) is 5.75 Å². The van der Waals surface area contributed by atoms with Gasteiger partial charge in [-0.15, -0.1) is 0 Å². The highest BCUT2D eigenvalue weighted by Crippen LogP contribution is 2.21. The number of rotatable bonds is 5. The van der Waals surface area contributed by atoms with E-state index in [2.05, 4.69) is 26.1 Å². The van der Waals surface area contributed by atoms with E-state index in [9.17, 15) is 9.90 Å². The third-order valence-electron chi connectivity index (χ3n) is 3.86. The monoisotopic (exact) mass is 249 g/mol. The van der Waals surface area contributed by atoms with E-state index in [1.165, 1.54) is 0 Å². The fraction of sp³-hybridized carbons (Fsp3) is 0.533. The van der Waals surface area contributed by atoms with E-state index in [1.807, 2.05) is 6.92 Å². The number of hydrogen-bond acceptors (Lipinski definition) is 2. The molecule has 0 fully saturated rings. The molecule has 0 radical (unpaired) electrons. The number of hydrogen-bond donors (Lipinski definition) is 2. The molecule has 0 aromatic heterocycles. The lowest BCUT2D eigenvalue weighted by Gasteiger charge is -2.32. The molecule has 0 heterocycles. The lowest BCUT2D eigenvalue weighted by molar-refractivity contribution is 0.0887. The van der Waals surface area contributed by atoms with Crippen LogP contribution in [0, 0.1) is 6.92 Å². The van der Waals surface area contributed by atoms with Crippen molar-refractivity contribution in [1.82, 2.24) is 5.32 Å². The molecular formula is C15H23NO2. The number of benzene rings is 1. The standard InChI is InChI=1S/C15H23NO2/c1-5-15(6-2,7-3)16-14(18)13-9-8-12(17)10-11(13)4/h8-10,17H,5-7H2,1-4H3,(H,16,18). The number of nitrogens with one attached hydrogen (secondary N) is 1. The predicted octanol–water partition coefficient (Wildman–Crippen LogP) is 3.40. The summed E-state index contributed by atoms with van der Waals surface area (Å²) in [6.07, 6.45) is 2.76. The average molecular weight is 249 g/mol. The van der Waals surface area contributed by atoms with E-state index < -0.39 is 0 Å². The van der Waals surface area contributed by atoms with Crippen LogP contribution in [0.25, 0.3) is 0 Å². The molecule has 1 aromatic rings. The number of carbonyl (C=O) groups is 1. The summed E-state index contributed by atoms with van der Waals surface area (Å²) >= 11 is 0. The van der Waals surface area contributed by atoms with Crippen LogP contribution in [-0.4, -0.2) is 16.6 Å². The first-order chi connectivity index (χ1) is 8.48.